The highest BCUT2D eigenvalue weighted by atomic mass is 31.2. The summed E-state index contributed by atoms with van der Waals surface area (Å²) in [7, 11) is -3.32. The van der Waals surface area contributed by atoms with Crippen molar-refractivity contribution in [1.29, 1.82) is 0 Å². The van der Waals surface area contributed by atoms with E-state index < -0.39 is 7.82 Å². The Hall–Kier alpha value is 0.110. The van der Waals surface area contributed by atoms with Gasteiger partial charge in [0.25, 0.3) is 0 Å². The molecule has 0 rings (SSSR count). The van der Waals surface area contributed by atoms with Crippen LogP contribution in [0.4, 0.5) is 0 Å². The van der Waals surface area contributed by atoms with Crippen LogP contribution in [0.25, 0.3) is 0 Å². The van der Waals surface area contributed by atoms with E-state index >= 15 is 0 Å². The smallest absolute Gasteiger partial charge is 0.287 e. The maximum atomic E-state index is 12.2. The Bertz CT molecular complexity index is 215. The zero-order valence-corrected chi connectivity index (χ0v) is 13.8. The summed E-state index contributed by atoms with van der Waals surface area (Å²) in [4.78, 5) is 0. The van der Waals surface area contributed by atoms with Crippen molar-refractivity contribution in [3.8, 4) is 0 Å². The van der Waals surface area contributed by atoms with Crippen molar-refractivity contribution in [2.24, 2.45) is 0 Å². The second kappa shape index (κ2) is 13.1. The molecule has 0 saturated heterocycles. The molecule has 0 spiro atoms. The number of hydrogen-bond acceptors (Lipinski definition) is 4. The fraction of sp³-hybridized carbons (Fsp3) is 1.00. The Kier molecular flexibility index (Phi) is 13.2. The van der Waals surface area contributed by atoms with Crippen molar-refractivity contribution < 1.29 is 18.1 Å². The first-order valence-corrected chi connectivity index (χ1v) is 9.18. The highest BCUT2D eigenvalue weighted by Crippen LogP contribution is 2.49. The monoisotopic (exact) mass is 294 g/mol. The number of phosphoric ester groups is 1. The van der Waals surface area contributed by atoms with Crippen molar-refractivity contribution in [2.75, 3.05) is 19.8 Å². The molecule has 0 aliphatic rings. The molecule has 0 N–H and O–H groups in total. The minimum atomic E-state index is -3.32. The molecule has 0 aromatic heterocycles. The van der Waals surface area contributed by atoms with Crippen LogP contribution < -0.4 is 0 Å². The first kappa shape index (κ1) is 19.1. The number of phosphoric acid groups is 1. The van der Waals surface area contributed by atoms with Gasteiger partial charge in [-0.3, -0.25) is 13.6 Å². The van der Waals surface area contributed by atoms with Crippen molar-refractivity contribution in [2.45, 2.75) is 72.1 Å². The molecule has 0 bridgehead atoms. The van der Waals surface area contributed by atoms with Gasteiger partial charge in [-0.25, -0.2) is 4.57 Å². The molecule has 0 unspecified atom stereocenters. The fourth-order valence-electron chi connectivity index (χ4n) is 1.68. The first-order chi connectivity index (χ1) is 9.18. The van der Waals surface area contributed by atoms with E-state index in [9.17, 15) is 4.57 Å². The van der Waals surface area contributed by atoms with Crippen LogP contribution in [0.2, 0.25) is 0 Å². The third-order valence-corrected chi connectivity index (χ3v) is 4.35. The van der Waals surface area contributed by atoms with Gasteiger partial charge in [-0.05, 0) is 19.8 Å². The molecule has 0 radical (unpaired) electrons. The summed E-state index contributed by atoms with van der Waals surface area (Å²) in [6.07, 6.45) is 8.72. The van der Waals surface area contributed by atoms with Crippen LogP contribution in [0.1, 0.15) is 72.1 Å². The van der Waals surface area contributed by atoms with E-state index in [0.29, 0.717) is 19.8 Å². The zero-order chi connectivity index (χ0) is 14.4. The Labute approximate surface area is 118 Å². The van der Waals surface area contributed by atoms with Crippen molar-refractivity contribution in [3.63, 3.8) is 0 Å². The Morgan fingerprint density at radius 1 is 0.684 bits per heavy atom. The van der Waals surface area contributed by atoms with E-state index in [0.717, 1.165) is 25.7 Å². The van der Waals surface area contributed by atoms with Gasteiger partial charge in [0.2, 0.25) is 0 Å². The van der Waals surface area contributed by atoms with Crippen LogP contribution >= 0.6 is 7.82 Å². The highest BCUT2D eigenvalue weighted by molar-refractivity contribution is 7.48. The molecule has 4 nitrogen and oxygen atoms in total. The molecule has 19 heavy (non-hydrogen) atoms. The molecule has 0 heterocycles. The van der Waals surface area contributed by atoms with Crippen molar-refractivity contribution in [3.05, 3.63) is 0 Å². The van der Waals surface area contributed by atoms with Gasteiger partial charge in [0.1, 0.15) is 0 Å². The lowest BCUT2D eigenvalue weighted by Crippen LogP contribution is -2.03. The molecule has 0 aromatic rings. The van der Waals surface area contributed by atoms with Gasteiger partial charge in [-0.1, -0.05) is 52.4 Å². The summed E-state index contributed by atoms with van der Waals surface area (Å²) in [6, 6.07) is 0. The predicted octanol–water partition coefficient (Wildman–Crippen LogP) is 5.32. The minimum absolute atomic E-state index is 0.348. The number of rotatable bonds is 14. The van der Waals surface area contributed by atoms with Crippen LogP contribution in [-0.4, -0.2) is 19.8 Å². The van der Waals surface area contributed by atoms with Crippen LogP contribution in [0.3, 0.4) is 0 Å². The number of unbranched alkanes of at least 4 members (excludes halogenated alkanes) is 6. The van der Waals surface area contributed by atoms with Gasteiger partial charge >= 0.3 is 7.82 Å². The predicted molar refractivity (Wildman–Crippen MR) is 79.4 cm³/mol. The SMILES string of the molecule is CCCCCCOP(=O)(OCC)OCCCCCC. The molecule has 0 fully saturated rings. The fourth-order valence-corrected chi connectivity index (χ4v) is 2.93. The Morgan fingerprint density at radius 3 is 1.53 bits per heavy atom. The average Bonchev–Trinajstić information content (AvgIpc) is 2.39. The molecule has 0 atom stereocenters. The summed E-state index contributed by atoms with van der Waals surface area (Å²) in [5, 5.41) is 0. The summed E-state index contributed by atoms with van der Waals surface area (Å²) >= 11 is 0. The number of hydrogen-bond donors (Lipinski definition) is 0. The second-order valence-corrected chi connectivity index (χ2v) is 6.32. The molecule has 0 aliphatic carbocycles. The largest absolute Gasteiger partial charge is 0.474 e. The standard InChI is InChI=1S/C14H31O4P/c1-4-7-9-11-13-17-19(15,16-6-3)18-14-12-10-8-5-2/h4-14H2,1-3H3. The van der Waals surface area contributed by atoms with Crippen LogP contribution in [0.15, 0.2) is 0 Å². The maximum Gasteiger partial charge on any atom is 0.474 e. The van der Waals surface area contributed by atoms with E-state index in [4.69, 9.17) is 13.6 Å². The molecular formula is C14H31O4P. The van der Waals surface area contributed by atoms with E-state index in [1.54, 1.807) is 6.92 Å². The summed E-state index contributed by atoms with van der Waals surface area (Å²) in [5.74, 6) is 0. The van der Waals surface area contributed by atoms with E-state index in [2.05, 4.69) is 13.8 Å². The molecular weight excluding hydrogens is 263 g/mol. The Balaban J connectivity index is 3.80. The van der Waals surface area contributed by atoms with Gasteiger partial charge in [0, 0.05) is 0 Å². The van der Waals surface area contributed by atoms with Crippen LogP contribution in [0, 0.1) is 0 Å². The first-order valence-electron chi connectivity index (χ1n) is 7.72. The third-order valence-electron chi connectivity index (χ3n) is 2.78. The lowest BCUT2D eigenvalue weighted by Gasteiger charge is -2.17. The molecule has 0 amide bonds. The maximum absolute atomic E-state index is 12.2. The minimum Gasteiger partial charge on any atom is -0.287 e. The summed E-state index contributed by atoms with van der Waals surface area (Å²) < 4.78 is 28.0. The lowest BCUT2D eigenvalue weighted by molar-refractivity contribution is 0.114. The average molecular weight is 294 g/mol. The molecule has 0 aliphatic heterocycles. The van der Waals surface area contributed by atoms with Gasteiger partial charge in [0.15, 0.2) is 0 Å². The van der Waals surface area contributed by atoms with Gasteiger partial charge in [-0.2, -0.15) is 0 Å². The van der Waals surface area contributed by atoms with Gasteiger partial charge < -0.3 is 0 Å². The topological polar surface area (TPSA) is 44.8 Å². The molecule has 0 saturated carbocycles. The molecule has 0 aromatic carbocycles. The third kappa shape index (κ3) is 11.6. The highest BCUT2D eigenvalue weighted by Gasteiger charge is 2.25. The molecule has 5 heteroatoms. The molecule has 116 valence electrons. The quantitative estimate of drug-likeness (QED) is 0.321. The van der Waals surface area contributed by atoms with Crippen molar-refractivity contribution in [1.82, 2.24) is 0 Å². The Morgan fingerprint density at radius 2 is 1.16 bits per heavy atom. The summed E-state index contributed by atoms with van der Waals surface area (Å²) in [6.45, 7) is 7.37. The second-order valence-electron chi connectivity index (χ2n) is 4.65. The van der Waals surface area contributed by atoms with Gasteiger partial charge in [0.05, 0.1) is 19.8 Å². The van der Waals surface area contributed by atoms with Gasteiger partial charge in [-0.15, -0.1) is 0 Å². The lowest BCUT2D eigenvalue weighted by atomic mass is 10.2. The normalized spacial score (nSPS) is 11.9. The van der Waals surface area contributed by atoms with Crippen LogP contribution in [0.5, 0.6) is 0 Å². The van der Waals surface area contributed by atoms with Crippen LogP contribution in [-0.2, 0) is 18.1 Å². The van der Waals surface area contributed by atoms with E-state index in [1.807, 2.05) is 0 Å². The van der Waals surface area contributed by atoms with E-state index in [-0.39, 0.29) is 0 Å². The van der Waals surface area contributed by atoms with Crippen molar-refractivity contribution >= 4 is 7.82 Å². The zero-order valence-electron chi connectivity index (χ0n) is 12.9. The van der Waals surface area contributed by atoms with E-state index in [1.165, 1.54) is 25.7 Å². The summed E-state index contributed by atoms with van der Waals surface area (Å²) in [5.41, 5.74) is 0.